The normalized spacial score (nSPS) is 18.1. The molecule has 9 nitrogen and oxygen atoms in total. The molecule has 1 aliphatic heterocycles. The number of ether oxygens (including phenoxy) is 2. The van der Waals surface area contributed by atoms with E-state index in [0.717, 1.165) is 44.2 Å². The molecule has 49 heavy (non-hydrogen) atoms. The van der Waals surface area contributed by atoms with E-state index in [4.69, 9.17) is 21.1 Å². The van der Waals surface area contributed by atoms with Crippen LogP contribution in [0.1, 0.15) is 54.6 Å². The maximum Gasteiger partial charge on any atom is 0.248 e. The molecule has 256 valence electrons. The number of pyridine rings is 1. The Labute approximate surface area is 287 Å². The van der Waals surface area contributed by atoms with Gasteiger partial charge in [0, 0.05) is 73.4 Å². The standard InChI is InChI=1S/C37H37ClF2N4O5/c1-48-25-11-9-23(10-12-25)41-15-3-7-33(45)42-36-28(39)18-22(19-29(36)40)37(47)31-14-13-30-26(6-4-17-44(30)31)35-27(38)20-24(21-32(35)49-2)43-16-5-8-34(43)46/h3-4,6-7,13-14,17-21,23,25,41H,5,8-12,15-16H2,1-2H3,(H,42,45)/b7-3+. The van der Waals surface area contributed by atoms with Crippen molar-refractivity contribution >= 4 is 46.1 Å². The molecule has 0 bridgehead atoms. The van der Waals surface area contributed by atoms with Gasteiger partial charge in [-0.15, -0.1) is 0 Å². The number of rotatable bonds is 11. The number of carbonyl (C=O) groups is 3. The number of hydrogen-bond donors (Lipinski definition) is 2. The van der Waals surface area contributed by atoms with Crippen molar-refractivity contribution in [1.82, 2.24) is 9.72 Å². The zero-order chi connectivity index (χ0) is 34.7. The van der Waals surface area contributed by atoms with Gasteiger partial charge in [-0.2, -0.15) is 0 Å². The molecule has 0 unspecified atom stereocenters. The summed E-state index contributed by atoms with van der Waals surface area (Å²) in [6.07, 6.45) is 9.89. The molecule has 0 radical (unpaired) electrons. The Hall–Kier alpha value is -4.58. The number of aromatic nitrogens is 1. The summed E-state index contributed by atoms with van der Waals surface area (Å²) in [4.78, 5) is 40.1. The second-order valence-corrected chi connectivity index (χ2v) is 12.6. The SMILES string of the molecule is COc1cc(N2CCCC2=O)cc(Cl)c1-c1cccn2c(C(=O)c3cc(F)c(NC(=O)/C=C/CNC4CCC(OC)CC4)c(F)c3)ccc12. The number of hydrogen-bond acceptors (Lipinski definition) is 6. The van der Waals surface area contributed by atoms with Crippen LogP contribution in [0.3, 0.4) is 0 Å². The lowest BCUT2D eigenvalue weighted by atomic mass is 9.93. The van der Waals surface area contributed by atoms with Gasteiger partial charge in [-0.3, -0.25) is 14.4 Å². The minimum Gasteiger partial charge on any atom is -0.496 e. The first-order chi connectivity index (χ1) is 23.7. The van der Waals surface area contributed by atoms with Crippen LogP contribution < -0.4 is 20.3 Å². The van der Waals surface area contributed by atoms with E-state index in [1.54, 1.807) is 59.0 Å². The van der Waals surface area contributed by atoms with E-state index in [2.05, 4.69) is 10.6 Å². The smallest absolute Gasteiger partial charge is 0.248 e. The van der Waals surface area contributed by atoms with Crippen molar-refractivity contribution in [3.63, 3.8) is 0 Å². The van der Waals surface area contributed by atoms with Crippen molar-refractivity contribution in [2.24, 2.45) is 0 Å². The van der Waals surface area contributed by atoms with Gasteiger partial charge in [0.1, 0.15) is 23.1 Å². The van der Waals surface area contributed by atoms with Gasteiger partial charge in [0.2, 0.25) is 17.6 Å². The topological polar surface area (TPSA) is 101 Å². The first-order valence-corrected chi connectivity index (χ1v) is 16.6. The number of amides is 2. The van der Waals surface area contributed by atoms with Crippen LogP contribution in [0.2, 0.25) is 5.02 Å². The molecule has 1 saturated heterocycles. The van der Waals surface area contributed by atoms with Crippen LogP contribution >= 0.6 is 11.6 Å². The highest BCUT2D eigenvalue weighted by Crippen LogP contribution is 2.43. The molecular formula is C37H37ClF2N4O5. The highest BCUT2D eigenvalue weighted by Gasteiger charge is 2.26. The maximum atomic E-state index is 15.1. The van der Waals surface area contributed by atoms with Crippen molar-refractivity contribution in [2.45, 2.75) is 50.7 Å². The van der Waals surface area contributed by atoms with Gasteiger partial charge in [-0.1, -0.05) is 23.7 Å². The quantitative estimate of drug-likeness (QED) is 0.131. The van der Waals surface area contributed by atoms with E-state index in [9.17, 15) is 14.4 Å². The molecule has 2 aliphatic rings. The molecule has 3 heterocycles. The zero-order valence-electron chi connectivity index (χ0n) is 27.2. The summed E-state index contributed by atoms with van der Waals surface area (Å²) < 4.78 is 43.0. The predicted octanol–water partition coefficient (Wildman–Crippen LogP) is 6.95. The van der Waals surface area contributed by atoms with Crippen molar-refractivity contribution in [3.05, 3.63) is 94.8 Å². The molecule has 0 spiro atoms. The predicted molar refractivity (Wildman–Crippen MR) is 185 cm³/mol. The molecule has 2 N–H and O–H groups in total. The van der Waals surface area contributed by atoms with E-state index in [1.807, 2.05) is 6.07 Å². The molecule has 2 aromatic heterocycles. The summed E-state index contributed by atoms with van der Waals surface area (Å²) >= 11 is 6.78. The van der Waals surface area contributed by atoms with Crippen LogP contribution in [0.5, 0.6) is 5.75 Å². The number of fused-ring (bicyclic) bond motifs is 1. The third-order valence-corrected chi connectivity index (χ3v) is 9.49. The summed E-state index contributed by atoms with van der Waals surface area (Å²) in [5.41, 5.74) is 1.76. The van der Waals surface area contributed by atoms with Crippen LogP contribution in [-0.4, -0.2) is 61.5 Å². The number of carbonyl (C=O) groups excluding carboxylic acids is 3. The third-order valence-electron chi connectivity index (χ3n) is 9.19. The van der Waals surface area contributed by atoms with Crippen LogP contribution in [-0.2, 0) is 14.3 Å². The van der Waals surface area contributed by atoms with Gasteiger partial charge in [-0.05, 0) is 68.5 Å². The molecule has 1 saturated carbocycles. The molecule has 0 atom stereocenters. The van der Waals surface area contributed by atoms with E-state index >= 15 is 8.78 Å². The van der Waals surface area contributed by atoms with Crippen molar-refractivity contribution in [1.29, 1.82) is 0 Å². The lowest BCUT2D eigenvalue weighted by Gasteiger charge is -2.27. The number of nitrogens with zero attached hydrogens (tertiary/aromatic N) is 2. The summed E-state index contributed by atoms with van der Waals surface area (Å²) in [6, 6.07) is 12.4. The van der Waals surface area contributed by atoms with Gasteiger partial charge < -0.3 is 29.4 Å². The highest BCUT2D eigenvalue weighted by molar-refractivity contribution is 6.34. The zero-order valence-corrected chi connectivity index (χ0v) is 28.0. The molecule has 12 heteroatoms. The second-order valence-electron chi connectivity index (χ2n) is 12.2. The number of nitrogens with one attached hydrogen (secondary N) is 2. The Kier molecular flexibility index (Phi) is 10.4. The number of methoxy groups -OCH3 is 2. The van der Waals surface area contributed by atoms with E-state index in [-0.39, 0.29) is 23.3 Å². The molecule has 6 rings (SSSR count). The van der Waals surface area contributed by atoms with Crippen LogP contribution in [0.4, 0.5) is 20.2 Å². The Balaban J connectivity index is 1.18. The first-order valence-electron chi connectivity index (χ1n) is 16.2. The molecular weight excluding hydrogens is 654 g/mol. The first kappa shape index (κ1) is 34.3. The second kappa shape index (κ2) is 14.9. The van der Waals surface area contributed by atoms with Gasteiger partial charge in [0.25, 0.3) is 0 Å². The summed E-state index contributed by atoms with van der Waals surface area (Å²) in [5, 5.41) is 5.95. The molecule has 2 fully saturated rings. The molecule has 1 aliphatic carbocycles. The number of anilines is 2. The average Bonchev–Trinajstić information content (AvgIpc) is 3.74. The Morgan fingerprint density at radius 1 is 1.04 bits per heavy atom. The van der Waals surface area contributed by atoms with Crippen molar-refractivity contribution in [2.75, 3.05) is 37.5 Å². The van der Waals surface area contributed by atoms with Gasteiger partial charge in [0.15, 0.2) is 0 Å². The van der Waals surface area contributed by atoms with Crippen LogP contribution in [0.25, 0.3) is 16.6 Å². The molecule has 2 amide bonds. The lowest BCUT2D eigenvalue weighted by Crippen LogP contribution is -2.35. The fourth-order valence-corrected chi connectivity index (χ4v) is 6.95. The summed E-state index contributed by atoms with van der Waals surface area (Å²) in [6.45, 7) is 1.03. The summed E-state index contributed by atoms with van der Waals surface area (Å²) in [5.74, 6) is -3.01. The molecule has 4 aromatic rings. The minimum absolute atomic E-state index is 0.0160. The number of halogens is 3. The van der Waals surface area contributed by atoms with Gasteiger partial charge >= 0.3 is 0 Å². The summed E-state index contributed by atoms with van der Waals surface area (Å²) in [7, 11) is 3.23. The fraction of sp³-hybridized carbons (Fsp3) is 0.324. The Morgan fingerprint density at radius 3 is 2.47 bits per heavy atom. The number of benzene rings is 2. The van der Waals surface area contributed by atoms with Gasteiger partial charge in [0.05, 0.1) is 29.4 Å². The monoisotopic (exact) mass is 690 g/mol. The van der Waals surface area contributed by atoms with Crippen LogP contribution in [0.15, 0.2) is 66.9 Å². The largest absolute Gasteiger partial charge is 0.496 e. The van der Waals surface area contributed by atoms with Crippen molar-refractivity contribution < 1.29 is 32.6 Å². The Morgan fingerprint density at radius 2 is 1.80 bits per heavy atom. The third kappa shape index (κ3) is 7.24. The minimum atomic E-state index is -1.08. The van der Waals surface area contributed by atoms with E-state index < -0.39 is 29.0 Å². The maximum absolute atomic E-state index is 15.1. The van der Waals surface area contributed by atoms with E-state index in [0.29, 0.717) is 58.7 Å². The highest BCUT2D eigenvalue weighted by atomic mass is 35.5. The van der Waals surface area contributed by atoms with Gasteiger partial charge in [-0.25, -0.2) is 8.78 Å². The van der Waals surface area contributed by atoms with Crippen LogP contribution in [0, 0.1) is 11.6 Å². The van der Waals surface area contributed by atoms with E-state index in [1.165, 1.54) is 13.2 Å². The van der Waals surface area contributed by atoms with Crippen molar-refractivity contribution in [3.8, 4) is 16.9 Å². The molecule has 2 aromatic carbocycles. The average molecular weight is 691 g/mol. The Bertz CT molecular complexity index is 1910. The number of ketones is 1. The lowest BCUT2D eigenvalue weighted by molar-refractivity contribution is -0.117. The fourth-order valence-electron chi connectivity index (χ4n) is 6.64.